The van der Waals surface area contributed by atoms with Crippen molar-refractivity contribution in [2.24, 2.45) is 0 Å². The summed E-state index contributed by atoms with van der Waals surface area (Å²) in [6.45, 7) is 9.78. The maximum Gasteiger partial charge on any atom is 0.500 e. The molecule has 3 nitrogen and oxygen atoms in total. The third-order valence-corrected chi connectivity index (χ3v) is 16.8. The molecular weight excluding hydrogens is 267 g/mol. The molecule has 0 aliphatic heterocycles. The average molecular weight is 296 g/mol. The van der Waals surface area contributed by atoms with Crippen LogP contribution in [0.15, 0.2) is 0 Å². The van der Waals surface area contributed by atoms with Crippen LogP contribution in [0.4, 0.5) is 0 Å². The van der Waals surface area contributed by atoms with E-state index in [-0.39, 0.29) is 7.47 Å². The summed E-state index contributed by atoms with van der Waals surface area (Å²) in [7, 11) is 2.03. The first-order valence-corrected chi connectivity index (χ1v) is 14.2. The zero-order chi connectivity index (χ0) is 13.5. The second-order valence-electron chi connectivity index (χ2n) is 5.15. The van der Waals surface area contributed by atoms with Gasteiger partial charge in [-0.2, -0.15) is 0 Å². The molecule has 0 aromatic rings. The topological polar surface area (TPSA) is 27.7 Å². The largest absolute Gasteiger partial charge is 0.500 e. The number of rotatable bonds is 9. The zero-order valence-corrected chi connectivity index (χ0v) is 15.4. The van der Waals surface area contributed by atoms with Crippen molar-refractivity contribution in [3.63, 3.8) is 0 Å². The second-order valence-corrected chi connectivity index (χ2v) is 20.7. The fourth-order valence-corrected chi connectivity index (χ4v) is 11.8. The highest BCUT2D eigenvalue weighted by atomic mass is 31.4. The molecule has 0 aromatic carbocycles. The van der Waals surface area contributed by atoms with Crippen molar-refractivity contribution >= 4 is 24.0 Å². The molecule has 6 heteroatoms. The minimum Gasteiger partial charge on any atom is -0.377 e. The Bertz CT molecular complexity index is 197. The highest BCUT2D eigenvalue weighted by Gasteiger charge is 2.37. The first-order valence-electron chi connectivity index (χ1n) is 6.25. The Labute approximate surface area is 110 Å². The fraction of sp³-hybridized carbons (Fsp3) is 1.00. The highest BCUT2D eigenvalue weighted by Crippen LogP contribution is 2.46. The summed E-state index contributed by atoms with van der Waals surface area (Å²) < 4.78 is 16.4. The van der Waals surface area contributed by atoms with E-state index in [1.54, 1.807) is 21.3 Å². The SMILES string of the molecule is CCP(CCC[Si](OC)(OC)OC)[Si](C)(C)C. The monoisotopic (exact) mass is 296 g/mol. The van der Waals surface area contributed by atoms with Gasteiger partial charge in [0.1, 0.15) is 0 Å². The molecular formula is C11H29O3PSi2. The number of hydrogen-bond acceptors (Lipinski definition) is 3. The van der Waals surface area contributed by atoms with Gasteiger partial charge in [0.25, 0.3) is 0 Å². The van der Waals surface area contributed by atoms with E-state index >= 15 is 0 Å². The van der Waals surface area contributed by atoms with Crippen LogP contribution in [0.3, 0.4) is 0 Å². The normalized spacial score (nSPS) is 15.0. The molecule has 0 fully saturated rings. The van der Waals surface area contributed by atoms with Gasteiger partial charge in [-0.05, 0) is 18.7 Å². The molecule has 17 heavy (non-hydrogen) atoms. The summed E-state index contributed by atoms with van der Waals surface area (Å²) in [6, 6.07) is 0.944. The summed E-state index contributed by atoms with van der Waals surface area (Å²) in [5.41, 5.74) is 0. The van der Waals surface area contributed by atoms with Crippen LogP contribution in [-0.2, 0) is 13.3 Å². The standard InChI is InChI=1S/C11H29O3PSi2/c1-8-15(16(5,6)7)10-9-11-17(12-2,13-3)14-4/h8-11H2,1-7H3. The van der Waals surface area contributed by atoms with E-state index < -0.39 is 16.5 Å². The minimum atomic E-state index is -2.33. The number of hydrogen-bond donors (Lipinski definition) is 0. The molecule has 0 amide bonds. The van der Waals surface area contributed by atoms with E-state index in [0.29, 0.717) is 0 Å². The molecule has 1 atom stereocenters. The van der Waals surface area contributed by atoms with Crippen molar-refractivity contribution in [2.45, 2.75) is 39.0 Å². The van der Waals surface area contributed by atoms with Crippen molar-refractivity contribution < 1.29 is 13.3 Å². The maximum atomic E-state index is 5.45. The van der Waals surface area contributed by atoms with E-state index in [9.17, 15) is 0 Å². The van der Waals surface area contributed by atoms with Crippen LogP contribution in [0, 0.1) is 0 Å². The predicted molar refractivity (Wildman–Crippen MR) is 81.9 cm³/mol. The summed E-state index contributed by atoms with van der Waals surface area (Å²) in [6.07, 6.45) is 3.87. The molecule has 0 aliphatic rings. The van der Waals surface area contributed by atoms with E-state index in [2.05, 4.69) is 26.6 Å². The van der Waals surface area contributed by atoms with E-state index in [1.807, 2.05) is 0 Å². The Morgan fingerprint density at radius 1 is 0.941 bits per heavy atom. The van der Waals surface area contributed by atoms with E-state index in [4.69, 9.17) is 13.3 Å². The molecule has 0 aromatic heterocycles. The Morgan fingerprint density at radius 2 is 1.41 bits per heavy atom. The summed E-state index contributed by atoms with van der Waals surface area (Å²) >= 11 is 0. The van der Waals surface area contributed by atoms with Gasteiger partial charge in [-0.3, -0.25) is 0 Å². The summed E-state index contributed by atoms with van der Waals surface area (Å²) in [5.74, 6) is 0. The molecule has 0 saturated carbocycles. The predicted octanol–water partition coefficient (Wildman–Crippen LogP) is 3.59. The molecule has 0 saturated heterocycles. The van der Waals surface area contributed by atoms with Gasteiger partial charge >= 0.3 is 8.80 Å². The van der Waals surface area contributed by atoms with Crippen LogP contribution >= 0.6 is 7.47 Å². The molecule has 0 radical (unpaired) electrons. The molecule has 0 heterocycles. The second kappa shape index (κ2) is 8.02. The summed E-state index contributed by atoms with van der Waals surface area (Å²) in [4.78, 5) is 0. The lowest BCUT2D eigenvalue weighted by atomic mass is 10.6. The Morgan fingerprint density at radius 3 is 1.71 bits per heavy atom. The average Bonchev–Trinajstić information content (AvgIpc) is 2.29. The van der Waals surface area contributed by atoms with Crippen molar-refractivity contribution in [3.8, 4) is 0 Å². The first kappa shape index (κ1) is 17.7. The molecule has 0 N–H and O–H groups in total. The maximum absolute atomic E-state index is 5.45. The van der Waals surface area contributed by atoms with Gasteiger partial charge in [-0.1, -0.05) is 26.6 Å². The van der Waals surface area contributed by atoms with E-state index in [0.717, 1.165) is 6.04 Å². The van der Waals surface area contributed by atoms with Gasteiger partial charge in [-0.25, -0.2) is 0 Å². The van der Waals surface area contributed by atoms with Gasteiger partial charge < -0.3 is 13.3 Å². The van der Waals surface area contributed by atoms with Gasteiger partial charge in [0, 0.05) is 27.4 Å². The molecule has 0 aliphatic carbocycles. The fourth-order valence-electron chi connectivity index (χ4n) is 2.01. The lowest BCUT2D eigenvalue weighted by Crippen LogP contribution is -2.42. The van der Waals surface area contributed by atoms with Crippen molar-refractivity contribution in [2.75, 3.05) is 33.7 Å². The minimum absolute atomic E-state index is 0.227. The summed E-state index contributed by atoms with van der Waals surface area (Å²) in [5, 5.41) is 0. The van der Waals surface area contributed by atoms with Gasteiger partial charge in [0.05, 0.1) is 7.74 Å². The van der Waals surface area contributed by atoms with Crippen LogP contribution < -0.4 is 0 Å². The van der Waals surface area contributed by atoms with Gasteiger partial charge in [0.15, 0.2) is 0 Å². The van der Waals surface area contributed by atoms with Crippen molar-refractivity contribution in [3.05, 3.63) is 0 Å². The third-order valence-electron chi connectivity index (χ3n) is 3.17. The molecule has 0 rings (SSSR count). The molecule has 1 unspecified atom stereocenters. The lowest BCUT2D eigenvalue weighted by molar-refractivity contribution is 0.123. The Kier molecular flexibility index (Phi) is 8.37. The molecule has 0 bridgehead atoms. The Balaban J connectivity index is 4.20. The van der Waals surface area contributed by atoms with E-state index in [1.165, 1.54) is 18.7 Å². The van der Waals surface area contributed by atoms with Crippen LogP contribution in [0.25, 0.3) is 0 Å². The van der Waals surface area contributed by atoms with Crippen molar-refractivity contribution in [1.29, 1.82) is 0 Å². The van der Waals surface area contributed by atoms with Crippen LogP contribution in [0.1, 0.15) is 13.3 Å². The quantitative estimate of drug-likeness (QED) is 0.481. The Hall–Kier alpha value is 0.744. The highest BCUT2D eigenvalue weighted by molar-refractivity contribution is 7.94. The first-order chi connectivity index (χ1) is 7.85. The van der Waals surface area contributed by atoms with Crippen LogP contribution in [-0.4, -0.2) is 50.2 Å². The van der Waals surface area contributed by atoms with Crippen LogP contribution in [0.5, 0.6) is 0 Å². The third kappa shape index (κ3) is 5.94. The van der Waals surface area contributed by atoms with Crippen molar-refractivity contribution in [1.82, 2.24) is 0 Å². The smallest absolute Gasteiger partial charge is 0.377 e. The molecule has 0 spiro atoms. The lowest BCUT2D eigenvalue weighted by Gasteiger charge is -2.30. The van der Waals surface area contributed by atoms with Gasteiger partial charge in [-0.15, -0.1) is 7.47 Å². The molecule has 104 valence electrons. The van der Waals surface area contributed by atoms with Crippen LogP contribution in [0.2, 0.25) is 25.7 Å². The zero-order valence-electron chi connectivity index (χ0n) is 12.5. The van der Waals surface area contributed by atoms with Gasteiger partial charge in [0.2, 0.25) is 0 Å².